The molecule has 9 nitrogen and oxygen atoms in total. The van der Waals surface area contributed by atoms with E-state index >= 15 is 4.39 Å². The molecule has 0 amide bonds. The maximum absolute atomic E-state index is 15.2. The molecule has 6 rings (SSSR count). The number of carbonyl (C=O) groups excluding carboxylic acids is 4. The molecule has 0 aromatic heterocycles. The summed E-state index contributed by atoms with van der Waals surface area (Å²) >= 11 is 0. The highest BCUT2D eigenvalue weighted by Crippen LogP contribution is 2.25. The normalized spacial score (nSPS) is 10.7. The standard InChI is InChI=1S/C55H52FNO8/c1-2-3-4-5-6-7-8-9-10-11-12-13-15-39-18-22-41(23-19-39)42-24-26-43(27-25-42)53(59)64-49-34-35-50(51(56)37-49)55(61)65-48-17-14-16-45(36-48)54(60)63-47-32-28-44(29-33-47)52(58)62-46-30-20-40(38-57)21-31-46/h14,16-37H,2-13,15H2,1H3. The molecule has 0 atom stereocenters. The van der Waals surface area contributed by atoms with Gasteiger partial charge in [-0.05, 0) is 121 Å². The van der Waals surface area contributed by atoms with Crippen molar-refractivity contribution in [2.24, 2.45) is 0 Å². The van der Waals surface area contributed by atoms with Gasteiger partial charge in [0, 0.05) is 6.07 Å². The van der Waals surface area contributed by atoms with Crippen LogP contribution in [0.1, 0.15) is 137 Å². The fraction of sp³-hybridized carbons (Fsp3) is 0.255. The van der Waals surface area contributed by atoms with Gasteiger partial charge in [-0.15, -0.1) is 0 Å². The van der Waals surface area contributed by atoms with Gasteiger partial charge in [-0.3, -0.25) is 0 Å². The first-order valence-corrected chi connectivity index (χ1v) is 22.3. The number of carbonyl (C=O) groups is 4. The number of benzene rings is 6. The largest absolute Gasteiger partial charge is 0.423 e. The number of hydrogen-bond donors (Lipinski definition) is 0. The Labute approximate surface area is 379 Å². The van der Waals surface area contributed by atoms with E-state index in [2.05, 4.69) is 31.2 Å². The van der Waals surface area contributed by atoms with E-state index in [4.69, 9.17) is 24.2 Å². The Hall–Kier alpha value is -7.38. The lowest BCUT2D eigenvalue weighted by Gasteiger charge is -2.10. The third kappa shape index (κ3) is 14.6. The summed E-state index contributed by atoms with van der Waals surface area (Å²) in [6, 6.07) is 38.1. The van der Waals surface area contributed by atoms with Gasteiger partial charge < -0.3 is 18.9 Å². The van der Waals surface area contributed by atoms with Crippen molar-refractivity contribution in [3.8, 4) is 40.2 Å². The summed E-state index contributed by atoms with van der Waals surface area (Å²) in [6.45, 7) is 2.26. The van der Waals surface area contributed by atoms with Crippen molar-refractivity contribution >= 4 is 23.9 Å². The number of rotatable bonds is 22. The number of esters is 4. The number of hydrogen-bond acceptors (Lipinski definition) is 9. The molecule has 6 aromatic carbocycles. The molecule has 0 radical (unpaired) electrons. The number of halogens is 1. The highest BCUT2D eigenvalue weighted by Gasteiger charge is 2.19. The van der Waals surface area contributed by atoms with Gasteiger partial charge in [0.25, 0.3) is 0 Å². The van der Waals surface area contributed by atoms with Crippen molar-refractivity contribution < 1.29 is 42.5 Å². The molecule has 0 spiro atoms. The van der Waals surface area contributed by atoms with Crippen LogP contribution in [0.4, 0.5) is 4.39 Å². The maximum atomic E-state index is 15.2. The van der Waals surface area contributed by atoms with Gasteiger partial charge in [0.15, 0.2) is 0 Å². The minimum Gasteiger partial charge on any atom is -0.423 e. The molecule has 0 heterocycles. The number of unbranched alkanes of at least 4 members (excludes halogenated alkanes) is 11. The topological polar surface area (TPSA) is 129 Å². The summed E-state index contributed by atoms with van der Waals surface area (Å²) in [5.41, 5.74) is 3.81. The van der Waals surface area contributed by atoms with Crippen molar-refractivity contribution in [2.75, 3.05) is 0 Å². The lowest BCUT2D eigenvalue weighted by atomic mass is 10.00. The quantitative estimate of drug-likeness (QED) is 0.0372. The zero-order valence-corrected chi connectivity index (χ0v) is 36.6. The Balaban J connectivity index is 0.927. The maximum Gasteiger partial charge on any atom is 0.346 e. The van der Waals surface area contributed by atoms with E-state index in [0.29, 0.717) is 5.56 Å². The van der Waals surface area contributed by atoms with Gasteiger partial charge in [-0.1, -0.05) is 120 Å². The first-order valence-electron chi connectivity index (χ1n) is 22.3. The number of ether oxygens (including phenoxy) is 4. The average molecular weight is 874 g/mol. The van der Waals surface area contributed by atoms with Crippen LogP contribution in [-0.4, -0.2) is 23.9 Å². The molecule has 0 saturated heterocycles. The monoisotopic (exact) mass is 873 g/mol. The fourth-order valence-electron chi connectivity index (χ4n) is 7.16. The first kappa shape index (κ1) is 47.1. The van der Waals surface area contributed by atoms with E-state index in [1.807, 2.05) is 18.2 Å². The van der Waals surface area contributed by atoms with E-state index < -0.39 is 35.3 Å². The van der Waals surface area contributed by atoms with Gasteiger partial charge in [0.1, 0.15) is 28.8 Å². The molecular formula is C55H52FNO8. The van der Waals surface area contributed by atoms with Crippen LogP contribution < -0.4 is 18.9 Å². The van der Waals surface area contributed by atoms with E-state index in [1.54, 1.807) is 12.1 Å². The Bertz CT molecular complexity index is 2560. The molecule has 10 heteroatoms. The van der Waals surface area contributed by atoms with Crippen LogP contribution >= 0.6 is 0 Å². The van der Waals surface area contributed by atoms with Crippen molar-refractivity contribution in [3.63, 3.8) is 0 Å². The van der Waals surface area contributed by atoms with Crippen LogP contribution in [0.5, 0.6) is 23.0 Å². The summed E-state index contributed by atoms with van der Waals surface area (Å²) in [5.74, 6) is -3.88. The molecule has 0 saturated carbocycles. The van der Waals surface area contributed by atoms with E-state index in [0.717, 1.165) is 29.7 Å². The predicted octanol–water partition coefficient (Wildman–Crippen LogP) is 13.5. The van der Waals surface area contributed by atoms with E-state index in [-0.39, 0.29) is 39.7 Å². The highest BCUT2D eigenvalue weighted by atomic mass is 19.1. The van der Waals surface area contributed by atoms with Gasteiger partial charge in [-0.25, -0.2) is 23.6 Å². The molecule has 0 aliphatic heterocycles. The zero-order valence-electron chi connectivity index (χ0n) is 36.6. The Morgan fingerprint density at radius 3 is 1.46 bits per heavy atom. The number of aryl methyl sites for hydroxylation is 1. The van der Waals surface area contributed by atoms with Gasteiger partial charge in [0.2, 0.25) is 0 Å². The highest BCUT2D eigenvalue weighted by molar-refractivity contribution is 5.95. The van der Waals surface area contributed by atoms with Gasteiger partial charge in [0.05, 0.1) is 33.9 Å². The second-order valence-electron chi connectivity index (χ2n) is 15.8. The molecule has 0 aliphatic carbocycles. The summed E-state index contributed by atoms with van der Waals surface area (Å²) in [7, 11) is 0. The molecule has 0 N–H and O–H groups in total. The minimum absolute atomic E-state index is 0.0356. The van der Waals surface area contributed by atoms with Gasteiger partial charge in [-0.2, -0.15) is 5.26 Å². The molecule has 0 fully saturated rings. The van der Waals surface area contributed by atoms with Crippen LogP contribution in [0, 0.1) is 17.1 Å². The van der Waals surface area contributed by atoms with E-state index in [9.17, 15) is 19.2 Å². The SMILES string of the molecule is CCCCCCCCCCCCCCc1ccc(-c2ccc(C(=O)Oc3ccc(C(=O)Oc4cccc(C(=O)Oc5ccc(C(=O)Oc6ccc(C#N)cc6)cc5)c4)c(F)c3)cc2)cc1. The Kier molecular flexibility index (Phi) is 17.7. The molecule has 0 bridgehead atoms. The Morgan fingerprint density at radius 2 is 0.908 bits per heavy atom. The number of nitriles is 1. The number of nitrogens with zero attached hydrogens (tertiary/aromatic N) is 1. The average Bonchev–Trinajstić information content (AvgIpc) is 3.32. The lowest BCUT2D eigenvalue weighted by molar-refractivity contribution is 0.0709. The van der Waals surface area contributed by atoms with Crippen LogP contribution in [0.15, 0.2) is 140 Å². The van der Waals surface area contributed by atoms with Crippen LogP contribution in [0.3, 0.4) is 0 Å². The van der Waals surface area contributed by atoms with Crippen molar-refractivity contribution in [3.05, 3.63) is 179 Å². The third-order valence-corrected chi connectivity index (χ3v) is 10.9. The van der Waals surface area contributed by atoms with Gasteiger partial charge >= 0.3 is 23.9 Å². The summed E-state index contributed by atoms with van der Waals surface area (Å²) < 4.78 is 36.7. The second kappa shape index (κ2) is 24.5. The third-order valence-electron chi connectivity index (χ3n) is 10.9. The molecule has 65 heavy (non-hydrogen) atoms. The Morgan fingerprint density at radius 1 is 0.462 bits per heavy atom. The fourth-order valence-corrected chi connectivity index (χ4v) is 7.16. The molecule has 0 unspecified atom stereocenters. The molecule has 0 aliphatic rings. The molecular weight excluding hydrogens is 822 g/mol. The van der Waals surface area contributed by atoms with Crippen LogP contribution in [-0.2, 0) is 6.42 Å². The summed E-state index contributed by atoms with van der Waals surface area (Å²) in [6.07, 6.45) is 17.0. The lowest BCUT2D eigenvalue weighted by Crippen LogP contribution is -2.13. The predicted molar refractivity (Wildman–Crippen MR) is 247 cm³/mol. The second-order valence-corrected chi connectivity index (χ2v) is 15.8. The van der Waals surface area contributed by atoms with Crippen LogP contribution in [0.2, 0.25) is 0 Å². The van der Waals surface area contributed by atoms with Crippen molar-refractivity contribution in [1.82, 2.24) is 0 Å². The molecule has 6 aromatic rings. The zero-order chi connectivity index (χ0) is 45.8. The van der Waals surface area contributed by atoms with Crippen LogP contribution in [0.25, 0.3) is 11.1 Å². The first-order chi connectivity index (χ1) is 31.7. The summed E-state index contributed by atoms with van der Waals surface area (Å²) in [4.78, 5) is 51.4. The summed E-state index contributed by atoms with van der Waals surface area (Å²) in [5, 5.41) is 8.93. The minimum atomic E-state index is -1.04. The molecule has 332 valence electrons. The van der Waals surface area contributed by atoms with Crippen molar-refractivity contribution in [1.29, 1.82) is 5.26 Å². The van der Waals surface area contributed by atoms with Crippen molar-refractivity contribution in [2.45, 2.75) is 90.4 Å². The van der Waals surface area contributed by atoms with E-state index in [1.165, 1.54) is 161 Å². The smallest absolute Gasteiger partial charge is 0.346 e.